The van der Waals surface area contributed by atoms with Gasteiger partial charge in [0.1, 0.15) is 11.5 Å². The number of nitrogens with two attached hydrogens (primary N) is 1. The number of carbonyl (C=O) groups is 1. The average molecular weight is 277 g/mol. The molecular weight excluding hydrogens is 266 g/mol. The van der Waals surface area contributed by atoms with Gasteiger partial charge in [-0.3, -0.25) is 4.79 Å². The monoisotopic (exact) mass is 277 g/mol. The summed E-state index contributed by atoms with van der Waals surface area (Å²) in [7, 11) is 0. The predicted octanol–water partition coefficient (Wildman–Crippen LogP) is 2.03. The van der Waals surface area contributed by atoms with Gasteiger partial charge >= 0.3 is 0 Å². The van der Waals surface area contributed by atoms with Crippen molar-refractivity contribution in [2.24, 2.45) is 0 Å². The second-order valence-electron chi connectivity index (χ2n) is 4.78. The van der Waals surface area contributed by atoms with Crippen molar-refractivity contribution < 1.29 is 4.79 Å². The number of fused-ring (bicyclic) bond motifs is 2. The number of aromatic nitrogens is 3. The van der Waals surface area contributed by atoms with Gasteiger partial charge in [-0.15, -0.1) is 0 Å². The molecule has 1 aliphatic heterocycles. The van der Waals surface area contributed by atoms with Gasteiger partial charge in [-0.25, -0.2) is 9.97 Å². The number of H-pyrrole nitrogens is 1. The number of nitrogen functional groups attached to an aromatic ring is 1. The number of aromatic amines is 1. The summed E-state index contributed by atoms with van der Waals surface area (Å²) in [6.45, 7) is 0. The van der Waals surface area contributed by atoms with E-state index in [-0.39, 0.29) is 5.91 Å². The molecule has 102 valence electrons. The molecule has 6 nitrogen and oxygen atoms in total. The average Bonchev–Trinajstić information content (AvgIpc) is 3.03. The largest absolute Gasteiger partial charge is 0.398 e. The Morgan fingerprint density at radius 3 is 3.00 bits per heavy atom. The van der Waals surface area contributed by atoms with Crippen molar-refractivity contribution in [2.45, 2.75) is 0 Å². The molecule has 1 aliphatic rings. The fraction of sp³-hybridized carbons (Fsp3) is 0. The van der Waals surface area contributed by atoms with Crippen molar-refractivity contribution in [3.05, 3.63) is 47.9 Å². The number of rotatable bonds is 1. The maximum Gasteiger partial charge on any atom is 0.257 e. The number of anilines is 2. The summed E-state index contributed by atoms with van der Waals surface area (Å²) in [4.78, 5) is 23.5. The Hall–Kier alpha value is -3.15. The minimum Gasteiger partial charge on any atom is -0.398 e. The summed E-state index contributed by atoms with van der Waals surface area (Å²) >= 11 is 0. The van der Waals surface area contributed by atoms with E-state index >= 15 is 0 Å². The molecule has 0 aromatic carbocycles. The summed E-state index contributed by atoms with van der Waals surface area (Å²) in [5.41, 5.74) is 9.52. The molecule has 0 aliphatic carbocycles. The van der Waals surface area contributed by atoms with Gasteiger partial charge in [0.15, 0.2) is 0 Å². The second kappa shape index (κ2) is 4.17. The zero-order chi connectivity index (χ0) is 14.4. The second-order valence-corrected chi connectivity index (χ2v) is 4.78. The van der Waals surface area contributed by atoms with Crippen molar-refractivity contribution >= 4 is 40.1 Å². The Morgan fingerprint density at radius 1 is 1.19 bits per heavy atom. The molecule has 0 atom stereocenters. The number of nitrogens with one attached hydrogen (secondary N) is 2. The van der Waals surface area contributed by atoms with Crippen molar-refractivity contribution in [3.63, 3.8) is 0 Å². The van der Waals surface area contributed by atoms with Crippen LogP contribution in [-0.2, 0) is 4.79 Å². The molecule has 3 aromatic rings. The number of nitrogens with zero attached hydrogens (tertiary/aromatic N) is 2. The molecule has 6 heteroatoms. The molecule has 0 spiro atoms. The molecule has 4 N–H and O–H groups in total. The molecule has 0 radical (unpaired) electrons. The fourth-order valence-corrected chi connectivity index (χ4v) is 2.54. The topological polar surface area (TPSA) is 96.7 Å². The molecule has 0 saturated heterocycles. The van der Waals surface area contributed by atoms with E-state index in [1.165, 1.54) is 0 Å². The van der Waals surface area contributed by atoms with Crippen LogP contribution in [0.25, 0.3) is 22.7 Å². The van der Waals surface area contributed by atoms with E-state index in [4.69, 9.17) is 5.73 Å². The van der Waals surface area contributed by atoms with Crippen LogP contribution in [-0.4, -0.2) is 20.9 Å². The van der Waals surface area contributed by atoms with Crippen LogP contribution in [0.4, 0.5) is 11.5 Å². The van der Waals surface area contributed by atoms with E-state index in [0.717, 1.165) is 16.5 Å². The number of carbonyl (C=O) groups excluding carboxylic acids is 1. The standard InChI is InChI=1S/C15H11N5O/c16-11-3-5-18-14-12(11)8(7-19-14)6-10-9-2-1-4-17-13(9)20-15(10)21/h1-7H,(H3,16,18,19)(H,17,20,21). The lowest BCUT2D eigenvalue weighted by Gasteiger charge is -1.99. The van der Waals surface area contributed by atoms with Crippen molar-refractivity contribution in [1.29, 1.82) is 0 Å². The van der Waals surface area contributed by atoms with E-state index in [9.17, 15) is 4.79 Å². The first-order valence-corrected chi connectivity index (χ1v) is 6.44. The van der Waals surface area contributed by atoms with Crippen molar-refractivity contribution in [2.75, 3.05) is 11.1 Å². The lowest BCUT2D eigenvalue weighted by atomic mass is 10.1. The van der Waals surface area contributed by atoms with E-state index in [1.807, 2.05) is 6.07 Å². The van der Waals surface area contributed by atoms with E-state index in [2.05, 4.69) is 20.3 Å². The van der Waals surface area contributed by atoms with E-state index < -0.39 is 0 Å². The Morgan fingerprint density at radius 2 is 2.10 bits per heavy atom. The fourth-order valence-electron chi connectivity index (χ4n) is 2.54. The third-order valence-electron chi connectivity index (χ3n) is 3.51. The molecule has 0 saturated carbocycles. The Balaban J connectivity index is 1.93. The molecule has 0 bridgehead atoms. The SMILES string of the molecule is Nc1ccnc2[nH]cc(C=C3C(=O)Nc4ncccc43)c12. The lowest BCUT2D eigenvalue weighted by Crippen LogP contribution is -2.04. The number of pyridine rings is 2. The van der Waals surface area contributed by atoms with Crippen LogP contribution >= 0.6 is 0 Å². The Labute approximate surface area is 119 Å². The molecular formula is C15H11N5O. The number of amides is 1. The van der Waals surface area contributed by atoms with Gasteiger partial charge in [0.2, 0.25) is 0 Å². The van der Waals surface area contributed by atoms with Crippen LogP contribution in [0.5, 0.6) is 0 Å². The van der Waals surface area contributed by atoms with E-state index in [0.29, 0.717) is 22.7 Å². The quantitative estimate of drug-likeness (QED) is 0.593. The van der Waals surface area contributed by atoms with Gasteiger partial charge in [0.25, 0.3) is 5.91 Å². The minimum atomic E-state index is -0.166. The first-order valence-electron chi connectivity index (χ1n) is 6.44. The van der Waals surface area contributed by atoms with Crippen LogP contribution in [0.3, 0.4) is 0 Å². The third-order valence-corrected chi connectivity index (χ3v) is 3.51. The van der Waals surface area contributed by atoms with Gasteiger partial charge < -0.3 is 16.0 Å². The van der Waals surface area contributed by atoms with Gasteiger partial charge in [0.05, 0.1) is 5.57 Å². The van der Waals surface area contributed by atoms with E-state index in [1.54, 1.807) is 36.8 Å². The maximum atomic E-state index is 12.1. The van der Waals surface area contributed by atoms with Crippen molar-refractivity contribution in [3.8, 4) is 0 Å². The van der Waals surface area contributed by atoms with Crippen LogP contribution in [0, 0.1) is 0 Å². The first-order chi connectivity index (χ1) is 10.2. The van der Waals surface area contributed by atoms with Gasteiger partial charge in [0, 0.05) is 40.8 Å². The molecule has 1 amide bonds. The molecule has 0 fully saturated rings. The first kappa shape index (κ1) is 11.7. The zero-order valence-electron chi connectivity index (χ0n) is 10.9. The number of hydrogen-bond acceptors (Lipinski definition) is 4. The highest BCUT2D eigenvalue weighted by atomic mass is 16.2. The molecule has 4 rings (SSSR count). The molecule has 0 unspecified atom stereocenters. The summed E-state index contributed by atoms with van der Waals surface area (Å²) < 4.78 is 0. The van der Waals surface area contributed by atoms with Gasteiger partial charge in [-0.05, 0) is 24.3 Å². The normalized spacial score (nSPS) is 15.4. The summed E-state index contributed by atoms with van der Waals surface area (Å²) in [6, 6.07) is 5.41. The lowest BCUT2D eigenvalue weighted by molar-refractivity contribution is -0.110. The molecule has 3 aromatic heterocycles. The van der Waals surface area contributed by atoms with Crippen LogP contribution in [0.1, 0.15) is 11.1 Å². The summed E-state index contributed by atoms with van der Waals surface area (Å²) in [6.07, 6.45) is 6.89. The summed E-state index contributed by atoms with van der Waals surface area (Å²) in [5.74, 6) is 0.417. The predicted molar refractivity (Wildman–Crippen MR) is 81.2 cm³/mol. The highest BCUT2D eigenvalue weighted by molar-refractivity contribution is 6.34. The highest BCUT2D eigenvalue weighted by Crippen LogP contribution is 2.33. The Bertz CT molecular complexity index is 909. The molecule has 4 heterocycles. The summed E-state index contributed by atoms with van der Waals surface area (Å²) in [5, 5.41) is 3.56. The molecule has 21 heavy (non-hydrogen) atoms. The van der Waals surface area contributed by atoms with Crippen molar-refractivity contribution in [1.82, 2.24) is 15.0 Å². The smallest absolute Gasteiger partial charge is 0.257 e. The van der Waals surface area contributed by atoms with Gasteiger partial charge in [-0.2, -0.15) is 0 Å². The van der Waals surface area contributed by atoms with Crippen LogP contribution in [0.15, 0.2) is 36.8 Å². The van der Waals surface area contributed by atoms with Crippen LogP contribution in [0.2, 0.25) is 0 Å². The van der Waals surface area contributed by atoms with Crippen LogP contribution < -0.4 is 11.1 Å². The maximum absolute atomic E-state index is 12.1. The Kier molecular flexibility index (Phi) is 2.32. The van der Waals surface area contributed by atoms with Gasteiger partial charge in [-0.1, -0.05) is 0 Å². The number of hydrogen-bond donors (Lipinski definition) is 3. The zero-order valence-corrected chi connectivity index (χ0v) is 10.9. The highest BCUT2D eigenvalue weighted by Gasteiger charge is 2.25. The minimum absolute atomic E-state index is 0.166. The third kappa shape index (κ3) is 1.69.